The highest BCUT2D eigenvalue weighted by Crippen LogP contribution is 2.09. The molecule has 0 fully saturated rings. The molecule has 0 aliphatic rings. The number of hydrogen-bond donors (Lipinski definition) is 2. The third kappa shape index (κ3) is 4.18. The molecular formula is C17H24N4O. The Labute approximate surface area is 131 Å². The van der Waals surface area contributed by atoms with Gasteiger partial charge in [0.25, 0.3) is 5.91 Å². The molecule has 1 heterocycles. The fourth-order valence-electron chi connectivity index (χ4n) is 2.22. The van der Waals surface area contributed by atoms with Crippen molar-refractivity contribution in [3.63, 3.8) is 0 Å². The lowest BCUT2D eigenvalue weighted by Gasteiger charge is -2.11. The molecule has 2 rings (SSSR count). The minimum absolute atomic E-state index is 0.0419. The number of aromatic nitrogens is 2. The Kier molecular flexibility index (Phi) is 5.33. The second-order valence-corrected chi connectivity index (χ2v) is 5.68. The standard InChI is InChI=1S/C17H24N4O/c1-12-9-14(3)21(20-12)11-15-5-7-16(8-6-15)17(22)19-10-13(2)18-4/h5-9,13,18H,10-11H2,1-4H3,(H,19,22). The highest BCUT2D eigenvalue weighted by molar-refractivity contribution is 5.94. The second kappa shape index (κ2) is 7.22. The Balaban J connectivity index is 1.98. The molecule has 2 N–H and O–H groups in total. The number of likely N-dealkylation sites (N-methyl/N-ethyl adjacent to an activating group) is 1. The van der Waals surface area contributed by atoms with Crippen molar-refractivity contribution in [3.8, 4) is 0 Å². The second-order valence-electron chi connectivity index (χ2n) is 5.68. The molecular weight excluding hydrogens is 276 g/mol. The predicted molar refractivity (Wildman–Crippen MR) is 88.1 cm³/mol. The van der Waals surface area contributed by atoms with Crippen LogP contribution >= 0.6 is 0 Å². The van der Waals surface area contributed by atoms with E-state index in [0.717, 1.165) is 23.5 Å². The molecule has 1 aromatic carbocycles. The molecule has 1 atom stereocenters. The molecule has 0 saturated heterocycles. The van der Waals surface area contributed by atoms with Gasteiger partial charge in [-0.25, -0.2) is 0 Å². The first-order valence-electron chi connectivity index (χ1n) is 7.55. The van der Waals surface area contributed by atoms with E-state index in [9.17, 15) is 4.79 Å². The largest absolute Gasteiger partial charge is 0.350 e. The van der Waals surface area contributed by atoms with E-state index in [2.05, 4.69) is 21.8 Å². The molecule has 5 heteroatoms. The molecule has 5 nitrogen and oxygen atoms in total. The first-order valence-corrected chi connectivity index (χ1v) is 7.55. The van der Waals surface area contributed by atoms with Crippen molar-refractivity contribution in [3.05, 3.63) is 52.8 Å². The van der Waals surface area contributed by atoms with Gasteiger partial charge in [0.05, 0.1) is 12.2 Å². The SMILES string of the molecule is CNC(C)CNC(=O)c1ccc(Cn2nc(C)cc2C)cc1. The average molecular weight is 300 g/mol. The first kappa shape index (κ1) is 16.2. The average Bonchev–Trinajstić information content (AvgIpc) is 2.82. The van der Waals surface area contributed by atoms with Crippen LogP contribution in [-0.4, -0.2) is 35.3 Å². The molecule has 2 aromatic rings. The third-order valence-corrected chi connectivity index (χ3v) is 3.71. The van der Waals surface area contributed by atoms with Crippen LogP contribution in [0.4, 0.5) is 0 Å². The van der Waals surface area contributed by atoms with E-state index in [1.54, 1.807) is 0 Å². The molecule has 118 valence electrons. The Morgan fingerprint density at radius 2 is 1.95 bits per heavy atom. The van der Waals surface area contributed by atoms with Gasteiger partial charge < -0.3 is 10.6 Å². The molecule has 0 aliphatic carbocycles. The van der Waals surface area contributed by atoms with Gasteiger partial charge in [-0.15, -0.1) is 0 Å². The first-order chi connectivity index (χ1) is 10.5. The number of nitrogens with zero attached hydrogens (tertiary/aromatic N) is 2. The lowest BCUT2D eigenvalue weighted by Crippen LogP contribution is -2.37. The van der Waals surface area contributed by atoms with Crippen molar-refractivity contribution in [2.24, 2.45) is 0 Å². The Morgan fingerprint density at radius 1 is 1.27 bits per heavy atom. The lowest BCUT2D eigenvalue weighted by atomic mass is 10.1. The van der Waals surface area contributed by atoms with Gasteiger partial charge in [-0.3, -0.25) is 9.48 Å². The molecule has 22 heavy (non-hydrogen) atoms. The zero-order valence-electron chi connectivity index (χ0n) is 13.7. The summed E-state index contributed by atoms with van der Waals surface area (Å²) in [4.78, 5) is 12.0. The van der Waals surface area contributed by atoms with Crippen LogP contribution in [0.1, 0.15) is 34.2 Å². The van der Waals surface area contributed by atoms with Crippen LogP contribution in [0.5, 0.6) is 0 Å². The Morgan fingerprint density at radius 3 is 2.50 bits per heavy atom. The van der Waals surface area contributed by atoms with Gasteiger partial charge >= 0.3 is 0 Å². The summed E-state index contributed by atoms with van der Waals surface area (Å²) in [5.41, 5.74) is 3.97. The number of carbonyl (C=O) groups excluding carboxylic acids is 1. The number of hydrogen-bond acceptors (Lipinski definition) is 3. The summed E-state index contributed by atoms with van der Waals surface area (Å²) in [5.74, 6) is -0.0419. The summed E-state index contributed by atoms with van der Waals surface area (Å²) in [6.07, 6.45) is 0. The number of aryl methyl sites for hydroxylation is 2. The smallest absolute Gasteiger partial charge is 0.251 e. The highest BCUT2D eigenvalue weighted by atomic mass is 16.1. The van der Waals surface area contributed by atoms with Crippen molar-refractivity contribution < 1.29 is 4.79 Å². The molecule has 1 unspecified atom stereocenters. The Hall–Kier alpha value is -2.14. The van der Waals surface area contributed by atoms with E-state index in [1.807, 2.05) is 56.8 Å². The summed E-state index contributed by atoms with van der Waals surface area (Å²) in [5, 5.41) is 10.5. The van der Waals surface area contributed by atoms with E-state index in [4.69, 9.17) is 0 Å². The normalized spacial score (nSPS) is 12.2. The van der Waals surface area contributed by atoms with Crippen molar-refractivity contribution in [2.75, 3.05) is 13.6 Å². The van der Waals surface area contributed by atoms with Crippen LogP contribution < -0.4 is 10.6 Å². The molecule has 1 aromatic heterocycles. The topological polar surface area (TPSA) is 58.9 Å². The van der Waals surface area contributed by atoms with Crippen molar-refractivity contribution in [2.45, 2.75) is 33.4 Å². The summed E-state index contributed by atoms with van der Waals surface area (Å²) in [6, 6.07) is 10.00. The van der Waals surface area contributed by atoms with Crippen molar-refractivity contribution in [1.82, 2.24) is 20.4 Å². The quantitative estimate of drug-likeness (QED) is 0.856. The molecule has 0 saturated carbocycles. The minimum atomic E-state index is -0.0419. The van der Waals surface area contributed by atoms with E-state index in [1.165, 1.54) is 0 Å². The molecule has 0 spiro atoms. The van der Waals surface area contributed by atoms with E-state index < -0.39 is 0 Å². The van der Waals surface area contributed by atoms with Gasteiger partial charge in [-0.1, -0.05) is 12.1 Å². The maximum Gasteiger partial charge on any atom is 0.251 e. The summed E-state index contributed by atoms with van der Waals surface area (Å²) in [7, 11) is 1.88. The number of benzene rings is 1. The molecule has 0 radical (unpaired) electrons. The van der Waals surface area contributed by atoms with Gasteiger partial charge in [-0.05, 0) is 51.6 Å². The molecule has 0 aliphatic heterocycles. The zero-order chi connectivity index (χ0) is 16.1. The fraction of sp³-hybridized carbons (Fsp3) is 0.412. The van der Waals surface area contributed by atoms with Gasteiger partial charge in [-0.2, -0.15) is 5.10 Å². The fourth-order valence-corrected chi connectivity index (χ4v) is 2.22. The van der Waals surface area contributed by atoms with Crippen molar-refractivity contribution in [1.29, 1.82) is 0 Å². The highest BCUT2D eigenvalue weighted by Gasteiger charge is 2.07. The Bertz CT molecular complexity index is 631. The monoisotopic (exact) mass is 300 g/mol. The summed E-state index contributed by atoms with van der Waals surface area (Å²) < 4.78 is 1.97. The maximum absolute atomic E-state index is 12.0. The van der Waals surface area contributed by atoms with Crippen LogP contribution in [0.25, 0.3) is 0 Å². The number of nitrogens with one attached hydrogen (secondary N) is 2. The van der Waals surface area contributed by atoms with Crippen LogP contribution in [0.15, 0.2) is 30.3 Å². The number of amides is 1. The minimum Gasteiger partial charge on any atom is -0.350 e. The maximum atomic E-state index is 12.0. The molecule has 0 bridgehead atoms. The van der Waals surface area contributed by atoms with Crippen molar-refractivity contribution >= 4 is 5.91 Å². The van der Waals surface area contributed by atoms with E-state index in [-0.39, 0.29) is 11.9 Å². The van der Waals surface area contributed by atoms with Crippen LogP contribution in [-0.2, 0) is 6.54 Å². The van der Waals surface area contributed by atoms with E-state index >= 15 is 0 Å². The van der Waals surface area contributed by atoms with Gasteiger partial charge in [0.1, 0.15) is 0 Å². The number of carbonyl (C=O) groups is 1. The predicted octanol–water partition coefficient (Wildman–Crippen LogP) is 1.89. The number of rotatable bonds is 6. The zero-order valence-corrected chi connectivity index (χ0v) is 13.7. The lowest BCUT2D eigenvalue weighted by molar-refractivity contribution is 0.0950. The van der Waals surface area contributed by atoms with Gasteiger partial charge in [0, 0.05) is 23.8 Å². The van der Waals surface area contributed by atoms with E-state index in [0.29, 0.717) is 12.1 Å². The summed E-state index contributed by atoms with van der Waals surface area (Å²) in [6.45, 7) is 7.40. The van der Waals surface area contributed by atoms with Crippen LogP contribution in [0.3, 0.4) is 0 Å². The summed E-state index contributed by atoms with van der Waals surface area (Å²) >= 11 is 0. The van der Waals surface area contributed by atoms with Gasteiger partial charge in [0.15, 0.2) is 0 Å². The van der Waals surface area contributed by atoms with Crippen LogP contribution in [0, 0.1) is 13.8 Å². The van der Waals surface area contributed by atoms with Gasteiger partial charge in [0.2, 0.25) is 0 Å². The molecule has 1 amide bonds. The van der Waals surface area contributed by atoms with Crippen LogP contribution in [0.2, 0.25) is 0 Å². The third-order valence-electron chi connectivity index (χ3n) is 3.71.